The second-order valence-electron chi connectivity index (χ2n) is 9.23. The Morgan fingerprint density at radius 2 is 1.52 bits per heavy atom. The number of hydrogen-bond donors (Lipinski definition) is 5. The molecule has 3 rings (SSSR count). The van der Waals surface area contributed by atoms with Crippen molar-refractivity contribution in [3.8, 4) is 0 Å². The molecule has 0 aliphatic heterocycles. The molecule has 2 atom stereocenters. The van der Waals surface area contributed by atoms with Crippen LogP contribution in [-0.4, -0.2) is 50.7 Å². The van der Waals surface area contributed by atoms with E-state index < -0.39 is 69.6 Å². The summed E-state index contributed by atoms with van der Waals surface area (Å²) in [4.78, 5) is 49.3. The number of nitrogens with two attached hydrogens (primary N) is 1. The van der Waals surface area contributed by atoms with Crippen LogP contribution in [0, 0.1) is 0 Å². The quantitative estimate of drug-likeness (QED) is 0.317. The minimum Gasteiger partial charge on any atom is -0.350 e. The second-order valence-corrected chi connectivity index (χ2v) is 10.8. The van der Waals surface area contributed by atoms with E-state index in [2.05, 4.69) is 21.3 Å². The Morgan fingerprint density at radius 1 is 0.925 bits per heavy atom. The van der Waals surface area contributed by atoms with Crippen LogP contribution in [-0.2, 0) is 25.8 Å². The average Bonchev–Trinajstić information content (AvgIpc) is 2.87. The number of anilines is 1. The summed E-state index contributed by atoms with van der Waals surface area (Å²) in [6.45, 7) is 0.562. The number of halogens is 3. The van der Waals surface area contributed by atoms with Gasteiger partial charge >= 0.3 is 6.18 Å². The maximum Gasteiger partial charge on any atom is 0.416 e. The Bertz CT molecular complexity index is 1400. The molecule has 216 valence electrons. The fraction of sp³-hybridized carbons (Fsp3) is 0.360. The lowest BCUT2D eigenvalue weighted by molar-refractivity contribution is -0.137. The molecule has 1 saturated carbocycles. The zero-order valence-corrected chi connectivity index (χ0v) is 22.1. The van der Waals surface area contributed by atoms with E-state index in [0.717, 1.165) is 31.9 Å². The molecular formula is C25H28F3N5O6S. The van der Waals surface area contributed by atoms with Crippen LogP contribution in [0.25, 0.3) is 0 Å². The minimum absolute atomic E-state index is 0.148. The number of amides is 4. The van der Waals surface area contributed by atoms with E-state index in [1.54, 1.807) is 0 Å². The molecular weight excluding hydrogens is 555 g/mol. The molecule has 0 bridgehead atoms. The van der Waals surface area contributed by atoms with E-state index in [-0.39, 0.29) is 16.1 Å². The molecule has 1 aliphatic carbocycles. The van der Waals surface area contributed by atoms with Crippen LogP contribution in [0.5, 0.6) is 0 Å². The van der Waals surface area contributed by atoms with Crippen LogP contribution in [0.3, 0.4) is 0 Å². The predicted octanol–water partition coefficient (Wildman–Crippen LogP) is 1.90. The number of sulfonamides is 1. The molecule has 2 aromatic carbocycles. The first-order valence-electron chi connectivity index (χ1n) is 12.2. The SMILES string of the molecule is CC(=O)Nc1ccc(C(F)(F)F)cc1C(=O)NCC(=O)NC1CCCCC1NC(=O)c1ccc(S(N)(=O)=O)cc1. The summed E-state index contributed by atoms with van der Waals surface area (Å²) in [6, 6.07) is 6.33. The summed E-state index contributed by atoms with van der Waals surface area (Å²) < 4.78 is 62.3. The first-order valence-corrected chi connectivity index (χ1v) is 13.7. The van der Waals surface area contributed by atoms with Crippen molar-refractivity contribution in [2.75, 3.05) is 11.9 Å². The van der Waals surface area contributed by atoms with Gasteiger partial charge in [-0.3, -0.25) is 19.2 Å². The third-order valence-corrected chi connectivity index (χ3v) is 7.11. The zero-order chi connectivity index (χ0) is 29.7. The molecule has 11 nitrogen and oxygen atoms in total. The smallest absolute Gasteiger partial charge is 0.350 e. The van der Waals surface area contributed by atoms with Crippen LogP contribution in [0.1, 0.15) is 58.9 Å². The standard InChI is InChI=1S/C25H28F3N5O6S/c1-14(34)31-19-11-8-16(25(26,27)28)12-18(19)24(37)30-13-22(35)32-20-4-2-3-5-21(20)33-23(36)15-6-9-17(10-7-15)40(29,38)39/h6-12,20-21H,2-5,13H2,1H3,(H,30,37)(H,31,34)(H,32,35)(H,33,36)(H2,29,38,39). The molecule has 0 aromatic heterocycles. The third-order valence-electron chi connectivity index (χ3n) is 6.19. The maximum atomic E-state index is 13.2. The maximum absolute atomic E-state index is 13.2. The molecule has 0 spiro atoms. The normalized spacial score (nSPS) is 17.4. The molecule has 0 saturated heterocycles. The van der Waals surface area contributed by atoms with E-state index >= 15 is 0 Å². The molecule has 4 amide bonds. The number of benzene rings is 2. The van der Waals surface area contributed by atoms with Gasteiger partial charge in [0.2, 0.25) is 21.8 Å². The van der Waals surface area contributed by atoms with Crippen LogP contribution in [0.15, 0.2) is 47.4 Å². The number of alkyl halides is 3. The Hall–Kier alpha value is -3.98. The second kappa shape index (κ2) is 12.5. The molecule has 15 heteroatoms. The van der Waals surface area contributed by atoms with Crippen molar-refractivity contribution in [3.63, 3.8) is 0 Å². The highest BCUT2D eigenvalue weighted by Gasteiger charge is 2.32. The Balaban J connectivity index is 1.63. The lowest BCUT2D eigenvalue weighted by Crippen LogP contribution is -2.54. The highest BCUT2D eigenvalue weighted by atomic mass is 32.2. The van der Waals surface area contributed by atoms with E-state index in [0.29, 0.717) is 18.9 Å². The van der Waals surface area contributed by atoms with Gasteiger partial charge in [-0.25, -0.2) is 13.6 Å². The lowest BCUT2D eigenvalue weighted by atomic mass is 9.90. The number of rotatable bonds is 8. The summed E-state index contributed by atoms with van der Waals surface area (Å²) in [5.74, 6) is -2.72. The lowest BCUT2D eigenvalue weighted by Gasteiger charge is -2.33. The van der Waals surface area contributed by atoms with Crippen molar-refractivity contribution in [2.45, 2.75) is 55.8 Å². The number of primary sulfonamides is 1. The van der Waals surface area contributed by atoms with Gasteiger partial charge in [-0.1, -0.05) is 12.8 Å². The van der Waals surface area contributed by atoms with Crippen LogP contribution < -0.4 is 26.4 Å². The molecule has 1 aliphatic rings. The predicted molar refractivity (Wildman–Crippen MR) is 138 cm³/mol. The highest BCUT2D eigenvalue weighted by molar-refractivity contribution is 7.89. The summed E-state index contributed by atoms with van der Waals surface area (Å²) in [7, 11) is -3.92. The van der Waals surface area contributed by atoms with E-state index in [1.165, 1.54) is 24.3 Å². The Morgan fingerprint density at radius 3 is 2.08 bits per heavy atom. The van der Waals surface area contributed by atoms with Crippen LogP contribution in [0.4, 0.5) is 18.9 Å². The molecule has 0 radical (unpaired) electrons. The molecule has 2 unspecified atom stereocenters. The van der Waals surface area contributed by atoms with E-state index in [9.17, 15) is 40.8 Å². The van der Waals surface area contributed by atoms with E-state index in [1.807, 2.05) is 0 Å². The van der Waals surface area contributed by atoms with Crippen molar-refractivity contribution >= 4 is 39.3 Å². The van der Waals surface area contributed by atoms with Crippen molar-refractivity contribution in [2.24, 2.45) is 5.14 Å². The molecule has 40 heavy (non-hydrogen) atoms. The van der Waals surface area contributed by atoms with Crippen LogP contribution >= 0.6 is 0 Å². The molecule has 6 N–H and O–H groups in total. The summed E-state index contributed by atoms with van der Waals surface area (Å²) >= 11 is 0. The number of hydrogen-bond acceptors (Lipinski definition) is 6. The molecule has 2 aromatic rings. The first-order chi connectivity index (χ1) is 18.6. The van der Waals surface area contributed by atoms with Gasteiger partial charge in [0.15, 0.2) is 0 Å². The van der Waals surface area contributed by atoms with Gasteiger partial charge in [-0.15, -0.1) is 0 Å². The summed E-state index contributed by atoms with van der Waals surface area (Å²) in [5.41, 5.74) is -1.53. The van der Waals surface area contributed by atoms with Gasteiger partial charge in [0.25, 0.3) is 11.8 Å². The fourth-order valence-electron chi connectivity index (χ4n) is 4.24. The van der Waals surface area contributed by atoms with Crippen molar-refractivity contribution < 1.29 is 40.8 Å². The zero-order valence-electron chi connectivity index (χ0n) is 21.3. The first kappa shape index (κ1) is 30.6. The fourth-order valence-corrected chi connectivity index (χ4v) is 4.76. The largest absolute Gasteiger partial charge is 0.416 e. The summed E-state index contributed by atoms with van der Waals surface area (Å²) in [6.07, 6.45) is -2.12. The number of nitrogens with one attached hydrogen (secondary N) is 4. The minimum atomic E-state index is -4.73. The Kier molecular flexibility index (Phi) is 9.52. The van der Waals surface area contributed by atoms with Crippen molar-refractivity contribution in [3.05, 3.63) is 59.2 Å². The van der Waals surface area contributed by atoms with Gasteiger partial charge in [0, 0.05) is 24.6 Å². The number of carbonyl (C=O) groups is 4. The van der Waals surface area contributed by atoms with Gasteiger partial charge in [-0.2, -0.15) is 13.2 Å². The van der Waals surface area contributed by atoms with Crippen molar-refractivity contribution in [1.29, 1.82) is 0 Å². The Labute approximate surface area is 228 Å². The van der Waals surface area contributed by atoms with Gasteiger partial charge in [-0.05, 0) is 55.3 Å². The summed E-state index contributed by atoms with van der Waals surface area (Å²) in [5, 5.41) is 15.2. The molecule has 0 heterocycles. The number of carbonyl (C=O) groups excluding carboxylic acids is 4. The monoisotopic (exact) mass is 583 g/mol. The highest BCUT2D eigenvalue weighted by Crippen LogP contribution is 2.32. The van der Waals surface area contributed by atoms with Gasteiger partial charge < -0.3 is 21.3 Å². The molecule has 1 fully saturated rings. The van der Waals surface area contributed by atoms with Crippen LogP contribution in [0.2, 0.25) is 0 Å². The van der Waals surface area contributed by atoms with Crippen molar-refractivity contribution in [1.82, 2.24) is 16.0 Å². The third kappa shape index (κ3) is 8.26. The van der Waals surface area contributed by atoms with Gasteiger partial charge in [0.05, 0.1) is 28.3 Å². The topological polar surface area (TPSA) is 177 Å². The average molecular weight is 584 g/mol. The van der Waals surface area contributed by atoms with Gasteiger partial charge in [0.1, 0.15) is 0 Å². The van der Waals surface area contributed by atoms with E-state index in [4.69, 9.17) is 5.14 Å².